The van der Waals surface area contributed by atoms with Gasteiger partial charge < -0.3 is 5.32 Å². The van der Waals surface area contributed by atoms with Crippen molar-refractivity contribution in [2.45, 2.75) is 6.54 Å². The van der Waals surface area contributed by atoms with Gasteiger partial charge in [0.05, 0.1) is 6.54 Å². The third-order valence-electron chi connectivity index (χ3n) is 2.08. The molecule has 1 heterocycles. The average Bonchev–Trinajstić information content (AvgIpc) is 2.67. The van der Waals surface area contributed by atoms with E-state index in [-0.39, 0.29) is 0 Å². The fraction of sp³-hybridized carbons (Fsp3) is 0.182. The van der Waals surface area contributed by atoms with E-state index < -0.39 is 0 Å². The van der Waals surface area contributed by atoms with Crippen molar-refractivity contribution < 1.29 is 0 Å². The second kappa shape index (κ2) is 3.96. The number of hydrogen-bond donors (Lipinski definition) is 1. The third-order valence-corrected chi connectivity index (χ3v) is 2.08. The van der Waals surface area contributed by atoms with Crippen LogP contribution in [0.4, 0.5) is 5.82 Å². The Bertz CT molecular complexity index is 392. The van der Waals surface area contributed by atoms with Gasteiger partial charge in [-0.2, -0.15) is 5.10 Å². The van der Waals surface area contributed by atoms with Crippen LogP contribution in [0, 0.1) is 0 Å². The van der Waals surface area contributed by atoms with Crippen molar-refractivity contribution in [3.05, 3.63) is 48.2 Å². The molecular weight excluding hydrogens is 174 g/mol. The Labute approximate surface area is 83.4 Å². The minimum absolute atomic E-state index is 0.822. The molecule has 1 aromatic heterocycles. The van der Waals surface area contributed by atoms with Crippen LogP contribution in [0.25, 0.3) is 0 Å². The summed E-state index contributed by atoms with van der Waals surface area (Å²) in [6, 6.07) is 12.3. The monoisotopic (exact) mass is 187 g/mol. The Kier molecular flexibility index (Phi) is 2.49. The summed E-state index contributed by atoms with van der Waals surface area (Å²) in [5, 5.41) is 7.33. The van der Waals surface area contributed by atoms with Crippen molar-refractivity contribution in [1.82, 2.24) is 9.78 Å². The van der Waals surface area contributed by atoms with Crippen LogP contribution in [0.2, 0.25) is 0 Å². The molecule has 0 radical (unpaired) electrons. The number of hydrogen-bond acceptors (Lipinski definition) is 2. The molecule has 2 aromatic rings. The van der Waals surface area contributed by atoms with Gasteiger partial charge in [-0.05, 0) is 5.56 Å². The Morgan fingerprint density at radius 3 is 2.64 bits per heavy atom. The molecule has 3 heteroatoms. The molecule has 3 nitrogen and oxygen atoms in total. The Balaban J connectivity index is 2.11. The first-order chi connectivity index (χ1) is 6.88. The van der Waals surface area contributed by atoms with Gasteiger partial charge in [0.1, 0.15) is 5.82 Å². The number of rotatable bonds is 3. The lowest BCUT2D eigenvalue weighted by Crippen LogP contribution is -2.00. The van der Waals surface area contributed by atoms with Crippen LogP contribution >= 0.6 is 0 Å². The highest BCUT2D eigenvalue weighted by molar-refractivity contribution is 5.31. The van der Waals surface area contributed by atoms with E-state index in [4.69, 9.17) is 0 Å². The zero-order valence-electron chi connectivity index (χ0n) is 8.14. The Morgan fingerprint density at radius 2 is 2.00 bits per heavy atom. The van der Waals surface area contributed by atoms with Gasteiger partial charge in [-0.1, -0.05) is 30.3 Å². The summed E-state index contributed by atoms with van der Waals surface area (Å²) in [7, 11) is 1.87. The van der Waals surface area contributed by atoms with Gasteiger partial charge in [-0.15, -0.1) is 0 Å². The molecule has 0 atom stereocenters. The molecule has 1 N–H and O–H groups in total. The molecule has 0 fully saturated rings. The second-order valence-electron chi connectivity index (χ2n) is 3.13. The van der Waals surface area contributed by atoms with E-state index in [1.54, 1.807) is 0 Å². The fourth-order valence-corrected chi connectivity index (χ4v) is 1.35. The summed E-state index contributed by atoms with van der Waals surface area (Å²) in [6.07, 6.45) is 1.97. The Hall–Kier alpha value is -1.77. The fourth-order valence-electron chi connectivity index (χ4n) is 1.35. The molecule has 0 aliphatic carbocycles. The lowest BCUT2D eigenvalue weighted by molar-refractivity contribution is 0.689. The Morgan fingerprint density at radius 1 is 1.21 bits per heavy atom. The molecule has 0 spiro atoms. The van der Waals surface area contributed by atoms with Gasteiger partial charge >= 0.3 is 0 Å². The standard InChI is InChI=1S/C11H13N3/c1-12-11-7-8-14(13-11)9-10-5-3-2-4-6-10/h2-8H,9H2,1H3,(H,12,13). The summed E-state index contributed by atoms with van der Waals surface area (Å²) in [5.41, 5.74) is 1.26. The van der Waals surface area contributed by atoms with E-state index in [9.17, 15) is 0 Å². The first kappa shape index (κ1) is 8.81. The van der Waals surface area contributed by atoms with E-state index in [1.165, 1.54) is 5.56 Å². The maximum absolute atomic E-state index is 4.33. The summed E-state index contributed by atoms with van der Waals surface area (Å²) in [4.78, 5) is 0. The topological polar surface area (TPSA) is 29.9 Å². The minimum Gasteiger partial charge on any atom is -0.372 e. The number of nitrogens with one attached hydrogen (secondary N) is 1. The van der Waals surface area contributed by atoms with Crippen molar-refractivity contribution in [1.29, 1.82) is 0 Å². The van der Waals surface area contributed by atoms with E-state index in [0.29, 0.717) is 0 Å². The SMILES string of the molecule is CNc1ccn(Cc2ccccc2)n1. The van der Waals surface area contributed by atoms with Crippen LogP contribution in [0.3, 0.4) is 0 Å². The van der Waals surface area contributed by atoms with Gasteiger partial charge in [0.15, 0.2) is 0 Å². The first-order valence-electron chi connectivity index (χ1n) is 4.63. The maximum atomic E-state index is 4.33. The quantitative estimate of drug-likeness (QED) is 0.796. The van der Waals surface area contributed by atoms with Gasteiger partial charge in [0, 0.05) is 19.3 Å². The summed E-state index contributed by atoms with van der Waals surface area (Å²) in [6.45, 7) is 0.822. The normalized spacial score (nSPS) is 10.1. The molecule has 72 valence electrons. The van der Waals surface area contributed by atoms with Gasteiger partial charge in [-0.3, -0.25) is 4.68 Å². The number of anilines is 1. The predicted octanol–water partition coefficient (Wildman–Crippen LogP) is 1.97. The van der Waals surface area contributed by atoms with Crippen LogP contribution in [-0.2, 0) is 6.54 Å². The molecule has 1 aromatic carbocycles. The lowest BCUT2D eigenvalue weighted by atomic mass is 10.2. The highest BCUT2D eigenvalue weighted by Crippen LogP contribution is 2.05. The van der Waals surface area contributed by atoms with Gasteiger partial charge in [0.2, 0.25) is 0 Å². The molecule has 0 saturated carbocycles. The van der Waals surface area contributed by atoms with Crippen LogP contribution in [0.5, 0.6) is 0 Å². The van der Waals surface area contributed by atoms with Crippen molar-refractivity contribution in [3.63, 3.8) is 0 Å². The number of benzene rings is 1. The maximum Gasteiger partial charge on any atom is 0.147 e. The molecule has 0 saturated heterocycles. The zero-order chi connectivity index (χ0) is 9.80. The lowest BCUT2D eigenvalue weighted by Gasteiger charge is -2.00. The van der Waals surface area contributed by atoms with E-state index in [1.807, 2.05) is 42.2 Å². The molecule has 14 heavy (non-hydrogen) atoms. The molecule has 0 aliphatic heterocycles. The van der Waals surface area contributed by atoms with Crippen molar-refractivity contribution in [2.75, 3.05) is 12.4 Å². The smallest absolute Gasteiger partial charge is 0.147 e. The van der Waals surface area contributed by atoms with Crippen LogP contribution in [0.1, 0.15) is 5.56 Å². The van der Waals surface area contributed by atoms with Crippen LogP contribution < -0.4 is 5.32 Å². The highest BCUT2D eigenvalue weighted by atomic mass is 15.3. The van der Waals surface area contributed by atoms with E-state index in [0.717, 1.165) is 12.4 Å². The van der Waals surface area contributed by atoms with E-state index >= 15 is 0 Å². The molecule has 0 bridgehead atoms. The van der Waals surface area contributed by atoms with Gasteiger partial charge in [0.25, 0.3) is 0 Å². The highest BCUT2D eigenvalue weighted by Gasteiger charge is 1.96. The summed E-state index contributed by atoms with van der Waals surface area (Å²) in [5.74, 6) is 0.904. The average molecular weight is 187 g/mol. The van der Waals surface area contributed by atoms with Crippen molar-refractivity contribution >= 4 is 5.82 Å². The zero-order valence-corrected chi connectivity index (χ0v) is 8.14. The molecule has 0 unspecified atom stereocenters. The molecule has 0 aliphatic rings. The summed E-state index contributed by atoms with van der Waals surface area (Å²) >= 11 is 0. The van der Waals surface area contributed by atoms with Crippen LogP contribution in [-0.4, -0.2) is 16.8 Å². The minimum atomic E-state index is 0.822. The largest absolute Gasteiger partial charge is 0.372 e. The second-order valence-corrected chi connectivity index (χ2v) is 3.13. The number of aromatic nitrogens is 2. The predicted molar refractivity (Wildman–Crippen MR) is 57.3 cm³/mol. The molecule has 2 rings (SSSR count). The van der Waals surface area contributed by atoms with Crippen molar-refractivity contribution in [3.8, 4) is 0 Å². The third kappa shape index (κ3) is 1.93. The molecular formula is C11H13N3. The number of nitrogens with zero attached hydrogens (tertiary/aromatic N) is 2. The first-order valence-corrected chi connectivity index (χ1v) is 4.63. The molecule has 0 amide bonds. The summed E-state index contributed by atoms with van der Waals surface area (Å²) < 4.78 is 1.92. The van der Waals surface area contributed by atoms with Gasteiger partial charge in [-0.25, -0.2) is 0 Å². The van der Waals surface area contributed by atoms with Crippen LogP contribution in [0.15, 0.2) is 42.6 Å². The van der Waals surface area contributed by atoms with E-state index in [2.05, 4.69) is 22.5 Å². The van der Waals surface area contributed by atoms with Crippen molar-refractivity contribution in [2.24, 2.45) is 0 Å².